The van der Waals surface area contributed by atoms with Crippen LogP contribution in [0, 0.1) is 18.3 Å². The number of terminal acetylenes is 1. The molecule has 3 rings (SSSR count). The number of aromatic nitrogens is 1. The van der Waals surface area contributed by atoms with E-state index in [4.69, 9.17) is 6.42 Å². The Morgan fingerprint density at radius 2 is 2.47 bits per heavy atom. The molecule has 88 valence electrons. The number of nitrogens with zero attached hydrogens (tertiary/aromatic N) is 2. The maximum absolute atomic E-state index is 13.2. The van der Waals surface area contributed by atoms with E-state index in [1.54, 1.807) is 12.3 Å². The number of nitrogens with one attached hydrogen (secondary N) is 1. The number of hydrogen-bond donors (Lipinski definition) is 1. The number of pyridine rings is 1. The van der Waals surface area contributed by atoms with Crippen molar-refractivity contribution in [2.24, 2.45) is 0 Å². The molecule has 2 saturated heterocycles. The van der Waals surface area contributed by atoms with Crippen molar-refractivity contribution >= 4 is 5.69 Å². The topological polar surface area (TPSA) is 28.2 Å². The van der Waals surface area contributed by atoms with Gasteiger partial charge in [0.15, 0.2) is 0 Å². The van der Waals surface area contributed by atoms with Crippen molar-refractivity contribution in [1.29, 1.82) is 0 Å². The van der Waals surface area contributed by atoms with Crippen LogP contribution in [-0.2, 0) is 0 Å². The van der Waals surface area contributed by atoms with Crippen LogP contribution in [0.15, 0.2) is 12.3 Å². The highest BCUT2D eigenvalue weighted by Gasteiger charge is 2.35. The standard InChI is InChI=1S/C13H14FN3/c1-2-9-5-12(7-16-13(9)14)17-8-10-6-11(17)3-4-15-10/h1,5,7,10-11,15H,3-4,6,8H2/t10?,11-/m0/s1. The number of hydrogen-bond acceptors (Lipinski definition) is 3. The lowest BCUT2D eigenvalue weighted by Gasteiger charge is -2.26. The van der Waals surface area contributed by atoms with Crippen LogP contribution in [0.2, 0.25) is 0 Å². The molecule has 1 unspecified atom stereocenters. The SMILES string of the molecule is C#Cc1cc(N2CC3C[C@@H]2CCN3)cnc1F. The monoisotopic (exact) mass is 231 g/mol. The summed E-state index contributed by atoms with van der Waals surface area (Å²) in [7, 11) is 0. The lowest BCUT2D eigenvalue weighted by molar-refractivity contribution is 0.449. The molecule has 0 aromatic carbocycles. The lowest BCUT2D eigenvalue weighted by atomic mass is 10.1. The average Bonchev–Trinajstić information content (AvgIpc) is 2.65. The summed E-state index contributed by atoms with van der Waals surface area (Å²) in [6, 6.07) is 2.82. The Balaban J connectivity index is 1.92. The van der Waals surface area contributed by atoms with Crippen molar-refractivity contribution < 1.29 is 4.39 Å². The highest BCUT2D eigenvalue weighted by molar-refractivity contribution is 5.52. The predicted octanol–water partition coefficient (Wildman–Crippen LogP) is 1.14. The van der Waals surface area contributed by atoms with Crippen molar-refractivity contribution in [2.45, 2.75) is 24.9 Å². The van der Waals surface area contributed by atoms with E-state index in [9.17, 15) is 4.39 Å². The molecule has 2 atom stereocenters. The van der Waals surface area contributed by atoms with Crippen LogP contribution in [0.5, 0.6) is 0 Å². The molecule has 1 aromatic rings. The second kappa shape index (κ2) is 4.01. The second-order valence-corrected chi connectivity index (χ2v) is 4.66. The molecule has 3 nitrogen and oxygen atoms in total. The van der Waals surface area contributed by atoms with Gasteiger partial charge in [-0.2, -0.15) is 4.39 Å². The van der Waals surface area contributed by atoms with E-state index >= 15 is 0 Å². The average molecular weight is 231 g/mol. The molecule has 0 saturated carbocycles. The molecule has 2 aliphatic heterocycles. The van der Waals surface area contributed by atoms with Gasteiger partial charge in [-0.25, -0.2) is 4.98 Å². The van der Waals surface area contributed by atoms with Crippen LogP contribution in [0.25, 0.3) is 0 Å². The van der Waals surface area contributed by atoms with Gasteiger partial charge in [-0.1, -0.05) is 5.92 Å². The second-order valence-electron chi connectivity index (χ2n) is 4.66. The van der Waals surface area contributed by atoms with E-state index < -0.39 is 5.95 Å². The Bertz CT molecular complexity index is 480. The Kier molecular flexibility index (Phi) is 2.49. The molecule has 3 heterocycles. The summed E-state index contributed by atoms with van der Waals surface area (Å²) in [6.07, 6.45) is 9.12. The van der Waals surface area contributed by atoms with Crippen molar-refractivity contribution in [3.8, 4) is 12.3 Å². The summed E-state index contributed by atoms with van der Waals surface area (Å²) in [5, 5.41) is 3.47. The van der Waals surface area contributed by atoms with E-state index in [1.807, 2.05) is 0 Å². The van der Waals surface area contributed by atoms with Crippen LogP contribution >= 0.6 is 0 Å². The summed E-state index contributed by atoms with van der Waals surface area (Å²) in [6.45, 7) is 2.02. The van der Waals surface area contributed by atoms with E-state index in [0.717, 1.165) is 31.6 Å². The highest BCUT2D eigenvalue weighted by atomic mass is 19.1. The molecule has 17 heavy (non-hydrogen) atoms. The minimum absolute atomic E-state index is 0.247. The fourth-order valence-corrected chi connectivity index (χ4v) is 2.80. The van der Waals surface area contributed by atoms with Crippen molar-refractivity contribution in [2.75, 3.05) is 18.0 Å². The Hall–Kier alpha value is -1.60. The van der Waals surface area contributed by atoms with Crippen LogP contribution in [0.4, 0.5) is 10.1 Å². The van der Waals surface area contributed by atoms with E-state index in [2.05, 4.69) is 21.1 Å². The first-order valence-electron chi connectivity index (χ1n) is 5.90. The van der Waals surface area contributed by atoms with Crippen molar-refractivity contribution in [1.82, 2.24) is 10.3 Å². The molecule has 0 spiro atoms. The van der Waals surface area contributed by atoms with Gasteiger partial charge in [0.05, 0.1) is 17.4 Å². The molecular formula is C13H14FN3. The largest absolute Gasteiger partial charge is 0.366 e. The smallest absolute Gasteiger partial charge is 0.228 e. The van der Waals surface area contributed by atoms with Crippen LogP contribution in [0.1, 0.15) is 18.4 Å². The highest BCUT2D eigenvalue weighted by Crippen LogP contribution is 2.30. The van der Waals surface area contributed by atoms with E-state index in [1.165, 1.54) is 0 Å². The van der Waals surface area contributed by atoms with Gasteiger partial charge < -0.3 is 10.2 Å². The van der Waals surface area contributed by atoms with Gasteiger partial charge in [0.25, 0.3) is 0 Å². The van der Waals surface area contributed by atoms with Gasteiger partial charge >= 0.3 is 0 Å². The normalized spacial score (nSPS) is 26.9. The molecule has 0 aliphatic carbocycles. The first-order valence-corrected chi connectivity index (χ1v) is 5.90. The molecule has 2 fully saturated rings. The molecule has 0 amide bonds. The van der Waals surface area contributed by atoms with Gasteiger partial charge in [-0.3, -0.25) is 0 Å². The molecule has 2 bridgehead atoms. The zero-order valence-corrected chi connectivity index (χ0v) is 9.49. The molecule has 0 radical (unpaired) electrons. The maximum atomic E-state index is 13.2. The van der Waals surface area contributed by atoms with Gasteiger partial charge in [-0.15, -0.1) is 6.42 Å². The third kappa shape index (κ3) is 1.77. The van der Waals surface area contributed by atoms with Crippen LogP contribution in [-0.4, -0.2) is 30.2 Å². The molecule has 2 aliphatic rings. The van der Waals surface area contributed by atoms with Gasteiger partial charge in [0, 0.05) is 18.6 Å². The molecule has 1 N–H and O–H groups in total. The number of rotatable bonds is 1. The quantitative estimate of drug-likeness (QED) is 0.580. The summed E-state index contributed by atoms with van der Waals surface area (Å²) in [5.74, 6) is 1.78. The minimum Gasteiger partial charge on any atom is -0.366 e. The molecule has 4 heteroatoms. The maximum Gasteiger partial charge on any atom is 0.228 e. The zero-order valence-electron chi connectivity index (χ0n) is 9.49. The zero-order chi connectivity index (χ0) is 11.8. The number of fused-ring (bicyclic) bond motifs is 2. The fraction of sp³-hybridized carbons (Fsp3) is 0.462. The predicted molar refractivity (Wildman–Crippen MR) is 64.3 cm³/mol. The summed E-state index contributed by atoms with van der Waals surface area (Å²) < 4.78 is 13.2. The minimum atomic E-state index is -0.559. The third-order valence-electron chi connectivity index (χ3n) is 3.64. The van der Waals surface area contributed by atoms with E-state index in [-0.39, 0.29) is 5.56 Å². The number of halogens is 1. The van der Waals surface area contributed by atoms with E-state index in [0.29, 0.717) is 12.1 Å². The lowest BCUT2D eigenvalue weighted by Crippen LogP contribution is -2.35. The summed E-state index contributed by atoms with van der Waals surface area (Å²) >= 11 is 0. The van der Waals surface area contributed by atoms with Gasteiger partial charge in [0.1, 0.15) is 0 Å². The number of anilines is 1. The first-order chi connectivity index (χ1) is 8.28. The summed E-state index contributed by atoms with van der Waals surface area (Å²) in [4.78, 5) is 6.03. The molecule has 1 aromatic heterocycles. The third-order valence-corrected chi connectivity index (χ3v) is 3.64. The van der Waals surface area contributed by atoms with Crippen LogP contribution in [0.3, 0.4) is 0 Å². The fourth-order valence-electron chi connectivity index (χ4n) is 2.80. The Labute approximate surface area is 100 Å². The van der Waals surface area contributed by atoms with Gasteiger partial charge in [-0.05, 0) is 25.5 Å². The van der Waals surface area contributed by atoms with Gasteiger partial charge in [0.2, 0.25) is 5.95 Å². The first kappa shape index (κ1) is 10.5. The Morgan fingerprint density at radius 3 is 3.24 bits per heavy atom. The number of piperidine rings is 1. The summed E-state index contributed by atoms with van der Waals surface area (Å²) in [5.41, 5.74) is 1.19. The van der Waals surface area contributed by atoms with Crippen LogP contribution < -0.4 is 10.2 Å². The van der Waals surface area contributed by atoms with Crippen molar-refractivity contribution in [3.05, 3.63) is 23.8 Å². The molecular weight excluding hydrogens is 217 g/mol. The Morgan fingerprint density at radius 1 is 1.59 bits per heavy atom. The van der Waals surface area contributed by atoms with Crippen molar-refractivity contribution in [3.63, 3.8) is 0 Å².